The van der Waals surface area contributed by atoms with Crippen molar-refractivity contribution in [3.05, 3.63) is 23.9 Å². The van der Waals surface area contributed by atoms with Gasteiger partial charge in [-0.25, -0.2) is 4.98 Å². The third-order valence-corrected chi connectivity index (χ3v) is 4.25. The molecule has 0 amide bonds. The molecular formula is C13H19N3. The summed E-state index contributed by atoms with van der Waals surface area (Å²) in [5.74, 6) is 1.15. The molecule has 0 aromatic carbocycles. The van der Waals surface area contributed by atoms with E-state index in [-0.39, 0.29) is 0 Å². The molecule has 3 nitrogen and oxygen atoms in total. The highest BCUT2D eigenvalue weighted by molar-refractivity contribution is 5.42. The zero-order valence-electron chi connectivity index (χ0n) is 10.1. The summed E-state index contributed by atoms with van der Waals surface area (Å²) in [6.45, 7) is 5.63. The van der Waals surface area contributed by atoms with E-state index in [0.717, 1.165) is 24.6 Å². The van der Waals surface area contributed by atoms with Crippen LogP contribution in [0.2, 0.25) is 0 Å². The average Bonchev–Trinajstić information content (AvgIpc) is 2.74. The Kier molecular flexibility index (Phi) is 2.18. The van der Waals surface area contributed by atoms with E-state index < -0.39 is 0 Å². The lowest BCUT2D eigenvalue weighted by Crippen LogP contribution is -2.59. The lowest BCUT2D eigenvalue weighted by molar-refractivity contribution is 0.0307. The van der Waals surface area contributed by atoms with Gasteiger partial charge in [0.2, 0.25) is 0 Å². The maximum atomic E-state index is 4.61. The third-order valence-electron chi connectivity index (χ3n) is 4.25. The zero-order valence-corrected chi connectivity index (χ0v) is 10.1. The molecule has 0 unspecified atom stereocenters. The number of likely N-dealkylation sites (tertiary alicyclic amines) is 1. The van der Waals surface area contributed by atoms with Crippen molar-refractivity contribution in [2.45, 2.75) is 25.3 Å². The first-order valence-electron chi connectivity index (χ1n) is 6.10. The molecule has 3 heteroatoms. The van der Waals surface area contributed by atoms with Crippen LogP contribution in [0.15, 0.2) is 18.2 Å². The predicted octanol–water partition coefficient (Wildman–Crippen LogP) is 1.67. The molecule has 0 N–H and O–H groups in total. The maximum absolute atomic E-state index is 4.61. The van der Waals surface area contributed by atoms with E-state index in [2.05, 4.69) is 47.0 Å². The summed E-state index contributed by atoms with van der Waals surface area (Å²) in [4.78, 5) is 9.55. The van der Waals surface area contributed by atoms with Crippen LogP contribution in [0, 0.1) is 6.92 Å². The summed E-state index contributed by atoms with van der Waals surface area (Å²) >= 11 is 0. The first-order chi connectivity index (χ1) is 7.70. The van der Waals surface area contributed by atoms with Gasteiger partial charge in [-0.15, -0.1) is 0 Å². The molecule has 3 rings (SSSR count). The number of rotatable bonds is 1. The van der Waals surface area contributed by atoms with Gasteiger partial charge in [-0.1, -0.05) is 6.07 Å². The van der Waals surface area contributed by atoms with E-state index in [1.54, 1.807) is 0 Å². The van der Waals surface area contributed by atoms with Crippen molar-refractivity contribution in [1.29, 1.82) is 0 Å². The molecule has 16 heavy (non-hydrogen) atoms. The first-order valence-corrected chi connectivity index (χ1v) is 6.10. The second-order valence-corrected chi connectivity index (χ2v) is 5.20. The number of likely N-dealkylation sites (N-methyl/N-ethyl adjacent to an activating group) is 1. The van der Waals surface area contributed by atoms with Crippen LogP contribution in [0.25, 0.3) is 0 Å². The van der Waals surface area contributed by atoms with Gasteiger partial charge in [0.05, 0.1) is 0 Å². The van der Waals surface area contributed by atoms with Crippen molar-refractivity contribution in [2.24, 2.45) is 0 Å². The number of nitrogens with zero attached hydrogens (tertiary/aromatic N) is 3. The molecule has 2 aliphatic heterocycles. The zero-order chi connectivity index (χ0) is 11.2. The monoisotopic (exact) mass is 217 g/mol. The Morgan fingerprint density at radius 3 is 2.62 bits per heavy atom. The minimum Gasteiger partial charge on any atom is -0.355 e. The SMILES string of the molecule is Cc1cccc(N2CC[C@]3(CCN3C)C2)n1. The molecule has 1 aromatic rings. The molecule has 2 saturated heterocycles. The van der Waals surface area contributed by atoms with E-state index in [4.69, 9.17) is 0 Å². The highest BCUT2D eigenvalue weighted by atomic mass is 15.3. The fraction of sp³-hybridized carbons (Fsp3) is 0.615. The van der Waals surface area contributed by atoms with Crippen LogP contribution in [0.1, 0.15) is 18.5 Å². The van der Waals surface area contributed by atoms with E-state index in [1.165, 1.54) is 19.4 Å². The molecule has 3 heterocycles. The molecule has 1 atom stereocenters. The first kappa shape index (κ1) is 10.1. The molecule has 0 bridgehead atoms. The third kappa shape index (κ3) is 1.42. The number of aromatic nitrogens is 1. The van der Waals surface area contributed by atoms with Gasteiger partial charge in [0, 0.05) is 30.9 Å². The molecule has 86 valence electrons. The fourth-order valence-electron chi connectivity index (χ4n) is 2.92. The number of anilines is 1. The maximum Gasteiger partial charge on any atom is 0.128 e. The summed E-state index contributed by atoms with van der Waals surface area (Å²) < 4.78 is 0. The molecule has 1 spiro atoms. The Morgan fingerprint density at radius 2 is 2.06 bits per heavy atom. The molecule has 0 aliphatic carbocycles. The summed E-state index contributed by atoms with van der Waals surface area (Å²) in [5.41, 5.74) is 1.58. The Hall–Kier alpha value is -1.09. The van der Waals surface area contributed by atoms with Gasteiger partial charge in [-0.2, -0.15) is 0 Å². The highest BCUT2D eigenvalue weighted by Crippen LogP contribution is 2.38. The predicted molar refractivity (Wildman–Crippen MR) is 65.8 cm³/mol. The summed E-state index contributed by atoms with van der Waals surface area (Å²) in [5, 5.41) is 0. The summed E-state index contributed by atoms with van der Waals surface area (Å²) in [7, 11) is 2.25. The highest BCUT2D eigenvalue weighted by Gasteiger charge is 2.47. The minimum atomic E-state index is 0.464. The smallest absolute Gasteiger partial charge is 0.128 e. The number of hydrogen-bond acceptors (Lipinski definition) is 3. The number of pyridine rings is 1. The largest absolute Gasteiger partial charge is 0.355 e. The Morgan fingerprint density at radius 1 is 1.25 bits per heavy atom. The van der Waals surface area contributed by atoms with Gasteiger partial charge in [0.25, 0.3) is 0 Å². The fourth-order valence-corrected chi connectivity index (χ4v) is 2.92. The topological polar surface area (TPSA) is 19.4 Å². The summed E-state index contributed by atoms with van der Waals surface area (Å²) in [6.07, 6.45) is 2.64. The molecular weight excluding hydrogens is 198 g/mol. The van der Waals surface area contributed by atoms with Crippen LogP contribution >= 0.6 is 0 Å². The standard InChI is InChI=1S/C13H19N3/c1-11-4-3-5-12(14-11)16-9-7-13(10-16)6-8-15(13)2/h3-5H,6-10H2,1-2H3/t13-/m1/s1. The number of hydrogen-bond donors (Lipinski definition) is 0. The summed E-state index contributed by atoms with van der Waals surface area (Å²) in [6, 6.07) is 6.29. The van der Waals surface area contributed by atoms with Crippen LogP contribution < -0.4 is 4.90 Å². The quantitative estimate of drug-likeness (QED) is 0.713. The molecule has 0 saturated carbocycles. The average molecular weight is 217 g/mol. The van der Waals surface area contributed by atoms with E-state index >= 15 is 0 Å². The minimum absolute atomic E-state index is 0.464. The van der Waals surface area contributed by atoms with Crippen LogP contribution in [0.3, 0.4) is 0 Å². The van der Waals surface area contributed by atoms with Gasteiger partial charge in [0.1, 0.15) is 5.82 Å². The molecule has 1 aromatic heterocycles. The van der Waals surface area contributed by atoms with E-state index in [0.29, 0.717) is 5.54 Å². The van der Waals surface area contributed by atoms with Crippen molar-refractivity contribution in [2.75, 3.05) is 31.6 Å². The van der Waals surface area contributed by atoms with Gasteiger partial charge >= 0.3 is 0 Å². The van der Waals surface area contributed by atoms with Crippen LogP contribution in [0.4, 0.5) is 5.82 Å². The van der Waals surface area contributed by atoms with Crippen LogP contribution in [0.5, 0.6) is 0 Å². The molecule has 0 radical (unpaired) electrons. The lowest BCUT2D eigenvalue weighted by Gasteiger charge is -2.48. The second kappa shape index (κ2) is 3.45. The number of aryl methyl sites for hydroxylation is 1. The van der Waals surface area contributed by atoms with Gasteiger partial charge in [-0.05, 0) is 38.9 Å². The van der Waals surface area contributed by atoms with Gasteiger partial charge < -0.3 is 4.90 Å². The Bertz CT molecular complexity index is 404. The Labute approximate surface area is 97.1 Å². The van der Waals surface area contributed by atoms with Gasteiger partial charge in [-0.3, -0.25) is 4.90 Å². The van der Waals surface area contributed by atoms with E-state index in [9.17, 15) is 0 Å². The van der Waals surface area contributed by atoms with Crippen molar-refractivity contribution >= 4 is 5.82 Å². The van der Waals surface area contributed by atoms with Crippen molar-refractivity contribution in [3.8, 4) is 0 Å². The Balaban J connectivity index is 1.79. The van der Waals surface area contributed by atoms with Crippen molar-refractivity contribution in [1.82, 2.24) is 9.88 Å². The molecule has 2 fully saturated rings. The van der Waals surface area contributed by atoms with Crippen molar-refractivity contribution < 1.29 is 0 Å². The molecule has 2 aliphatic rings. The van der Waals surface area contributed by atoms with Crippen LogP contribution in [-0.4, -0.2) is 42.1 Å². The lowest BCUT2D eigenvalue weighted by atomic mass is 9.85. The van der Waals surface area contributed by atoms with Crippen molar-refractivity contribution in [3.63, 3.8) is 0 Å². The second-order valence-electron chi connectivity index (χ2n) is 5.20. The van der Waals surface area contributed by atoms with E-state index in [1.807, 2.05) is 0 Å². The van der Waals surface area contributed by atoms with Gasteiger partial charge in [0.15, 0.2) is 0 Å². The normalized spacial score (nSPS) is 29.8. The van der Waals surface area contributed by atoms with Crippen LogP contribution in [-0.2, 0) is 0 Å².